The Morgan fingerprint density at radius 1 is 1.38 bits per heavy atom. The fourth-order valence-corrected chi connectivity index (χ4v) is 1.74. The summed E-state index contributed by atoms with van der Waals surface area (Å²) in [5.74, 6) is -0.179. The van der Waals surface area contributed by atoms with E-state index in [1.807, 2.05) is 0 Å². The van der Waals surface area contributed by atoms with Crippen molar-refractivity contribution in [2.75, 3.05) is 19.7 Å². The van der Waals surface area contributed by atoms with Crippen molar-refractivity contribution in [3.63, 3.8) is 0 Å². The maximum absolute atomic E-state index is 11.7. The third-order valence-electron chi connectivity index (χ3n) is 2.59. The maximum Gasteiger partial charge on any atom is 0.263 e. The normalized spacial score (nSPS) is 17.8. The van der Waals surface area contributed by atoms with Crippen LogP contribution in [0.1, 0.15) is 39.0 Å². The average Bonchev–Trinajstić information content (AvgIpc) is 2.26. The van der Waals surface area contributed by atoms with Crippen LogP contribution >= 0.6 is 0 Å². The third kappa shape index (κ3) is 4.61. The molecule has 1 N–H and O–H groups in total. The Morgan fingerprint density at radius 2 is 2.12 bits per heavy atom. The topological polar surface area (TPSA) is 58.6 Å². The summed E-state index contributed by atoms with van der Waals surface area (Å²) >= 11 is 0. The second-order valence-corrected chi connectivity index (χ2v) is 3.94. The second kappa shape index (κ2) is 7.22. The van der Waals surface area contributed by atoms with Crippen molar-refractivity contribution in [1.29, 1.82) is 0 Å². The van der Waals surface area contributed by atoms with Gasteiger partial charge < -0.3 is 4.90 Å². The van der Waals surface area contributed by atoms with Crippen molar-refractivity contribution in [3.05, 3.63) is 0 Å². The van der Waals surface area contributed by atoms with Crippen molar-refractivity contribution in [1.82, 2.24) is 10.4 Å². The van der Waals surface area contributed by atoms with Crippen LogP contribution in [0.2, 0.25) is 0 Å². The summed E-state index contributed by atoms with van der Waals surface area (Å²) in [5, 5.41) is 0. The van der Waals surface area contributed by atoms with Crippen LogP contribution in [0.4, 0.5) is 0 Å². The summed E-state index contributed by atoms with van der Waals surface area (Å²) in [6, 6.07) is 0. The molecule has 0 aromatic rings. The number of likely N-dealkylation sites (tertiary alicyclic amines) is 1. The Bertz CT molecular complexity index is 243. The largest absolute Gasteiger partial charge is 0.333 e. The molecule has 1 rings (SSSR count). The van der Waals surface area contributed by atoms with Crippen LogP contribution < -0.4 is 5.48 Å². The van der Waals surface area contributed by atoms with E-state index in [0.29, 0.717) is 19.6 Å². The molecule has 1 saturated heterocycles. The fraction of sp³-hybridized carbons (Fsp3) is 0.818. The smallest absolute Gasteiger partial charge is 0.263 e. The fourth-order valence-electron chi connectivity index (χ4n) is 1.74. The number of carbonyl (C=O) groups excluding carboxylic acids is 2. The molecule has 0 unspecified atom stereocenters. The van der Waals surface area contributed by atoms with Crippen molar-refractivity contribution in [2.24, 2.45) is 0 Å². The lowest BCUT2D eigenvalue weighted by atomic mass is 10.1. The molecule has 16 heavy (non-hydrogen) atoms. The number of nitrogens with zero attached hydrogens (tertiary/aromatic N) is 1. The Morgan fingerprint density at radius 3 is 2.88 bits per heavy atom. The Labute approximate surface area is 96.1 Å². The lowest BCUT2D eigenvalue weighted by Gasteiger charge is -2.23. The third-order valence-corrected chi connectivity index (χ3v) is 2.59. The van der Waals surface area contributed by atoms with Gasteiger partial charge in [0.1, 0.15) is 6.54 Å². The number of nitrogens with one attached hydrogen (secondary N) is 1. The zero-order chi connectivity index (χ0) is 11.8. The summed E-state index contributed by atoms with van der Waals surface area (Å²) in [4.78, 5) is 29.5. The molecule has 0 atom stereocenters. The molecule has 1 aliphatic heterocycles. The van der Waals surface area contributed by atoms with E-state index < -0.39 is 0 Å². The predicted octanol–water partition coefficient (Wildman–Crippen LogP) is 0.847. The highest BCUT2D eigenvalue weighted by Crippen LogP contribution is 2.11. The summed E-state index contributed by atoms with van der Waals surface area (Å²) in [7, 11) is 0. The molecule has 0 saturated carbocycles. The van der Waals surface area contributed by atoms with E-state index in [0.717, 1.165) is 25.7 Å². The van der Waals surface area contributed by atoms with Gasteiger partial charge in [-0.25, -0.2) is 5.48 Å². The van der Waals surface area contributed by atoms with Crippen LogP contribution in [0.3, 0.4) is 0 Å². The molecule has 1 heterocycles. The summed E-state index contributed by atoms with van der Waals surface area (Å²) in [6.07, 6.45) is 4.72. The molecular weight excluding hydrogens is 208 g/mol. The van der Waals surface area contributed by atoms with Gasteiger partial charge in [0, 0.05) is 13.0 Å². The molecule has 5 nitrogen and oxygen atoms in total. The van der Waals surface area contributed by atoms with Crippen LogP contribution in [0.15, 0.2) is 0 Å². The van der Waals surface area contributed by atoms with Gasteiger partial charge in [-0.05, 0) is 19.8 Å². The van der Waals surface area contributed by atoms with Crippen LogP contribution in [-0.2, 0) is 14.4 Å². The first-order chi connectivity index (χ1) is 7.74. The van der Waals surface area contributed by atoms with Crippen LogP contribution in [0.5, 0.6) is 0 Å². The van der Waals surface area contributed by atoms with Gasteiger partial charge in [-0.15, -0.1) is 0 Å². The molecular formula is C11H20N2O3. The number of amides is 2. The molecule has 0 aliphatic carbocycles. The van der Waals surface area contributed by atoms with Gasteiger partial charge >= 0.3 is 0 Å². The zero-order valence-electron chi connectivity index (χ0n) is 9.83. The van der Waals surface area contributed by atoms with Gasteiger partial charge in [-0.2, -0.15) is 0 Å². The van der Waals surface area contributed by atoms with E-state index in [1.165, 1.54) is 0 Å². The Hall–Kier alpha value is -1.10. The first kappa shape index (κ1) is 13.0. The summed E-state index contributed by atoms with van der Waals surface area (Å²) in [6.45, 7) is 3.01. The van der Waals surface area contributed by atoms with E-state index >= 15 is 0 Å². The van der Waals surface area contributed by atoms with Crippen molar-refractivity contribution in [2.45, 2.75) is 39.0 Å². The van der Waals surface area contributed by atoms with E-state index in [1.54, 1.807) is 11.8 Å². The van der Waals surface area contributed by atoms with Gasteiger partial charge in [0.15, 0.2) is 0 Å². The van der Waals surface area contributed by atoms with Crippen LogP contribution in [0.25, 0.3) is 0 Å². The standard InChI is InChI=1S/C11H20N2O3/c1-2-16-12-10(14)9-13-8-6-4-3-5-7-11(13)15/h2-9H2,1H3,(H,12,14). The number of hydrogen-bond acceptors (Lipinski definition) is 3. The molecule has 0 radical (unpaired) electrons. The SMILES string of the molecule is CCONC(=O)CN1CCCCCCC1=O. The second-order valence-electron chi connectivity index (χ2n) is 3.94. The molecule has 0 aromatic carbocycles. The van der Waals surface area contributed by atoms with E-state index in [9.17, 15) is 9.59 Å². The van der Waals surface area contributed by atoms with Crippen LogP contribution in [0, 0.1) is 0 Å². The first-order valence-electron chi connectivity index (χ1n) is 5.92. The van der Waals surface area contributed by atoms with E-state index in [4.69, 9.17) is 4.84 Å². The van der Waals surface area contributed by atoms with E-state index in [-0.39, 0.29) is 18.4 Å². The monoisotopic (exact) mass is 228 g/mol. The van der Waals surface area contributed by atoms with Crippen molar-refractivity contribution < 1.29 is 14.4 Å². The highest BCUT2D eigenvalue weighted by molar-refractivity contribution is 5.84. The number of hydroxylamine groups is 1. The Kier molecular flexibility index (Phi) is 5.85. The molecule has 0 bridgehead atoms. The molecule has 5 heteroatoms. The molecule has 92 valence electrons. The van der Waals surface area contributed by atoms with Gasteiger partial charge in [-0.3, -0.25) is 14.4 Å². The lowest BCUT2D eigenvalue weighted by Crippen LogP contribution is -2.41. The molecule has 1 fully saturated rings. The minimum Gasteiger partial charge on any atom is -0.333 e. The van der Waals surface area contributed by atoms with Gasteiger partial charge in [0.25, 0.3) is 5.91 Å². The van der Waals surface area contributed by atoms with Crippen molar-refractivity contribution in [3.8, 4) is 0 Å². The summed E-state index contributed by atoms with van der Waals surface area (Å²) < 4.78 is 0. The number of carbonyl (C=O) groups is 2. The molecule has 1 aliphatic rings. The first-order valence-corrected chi connectivity index (χ1v) is 5.92. The quantitative estimate of drug-likeness (QED) is 0.726. The minimum absolute atomic E-state index is 0.0753. The lowest BCUT2D eigenvalue weighted by molar-refractivity contribution is -0.141. The predicted molar refractivity (Wildman–Crippen MR) is 59.4 cm³/mol. The zero-order valence-corrected chi connectivity index (χ0v) is 9.83. The molecule has 2 amide bonds. The van der Waals surface area contributed by atoms with Gasteiger partial charge in [-0.1, -0.05) is 12.8 Å². The number of hydrogen-bond donors (Lipinski definition) is 1. The minimum atomic E-state index is -0.254. The van der Waals surface area contributed by atoms with Crippen molar-refractivity contribution >= 4 is 11.8 Å². The Balaban J connectivity index is 2.36. The number of rotatable bonds is 4. The molecule has 0 spiro atoms. The maximum atomic E-state index is 11.7. The highest BCUT2D eigenvalue weighted by atomic mass is 16.6. The summed E-state index contributed by atoms with van der Waals surface area (Å²) in [5.41, 5.74) is 2.30. The highest BCUT2D eigenvalue weighted by Gasteiger charge is 2.18. The van der Waals surface area contributed by atoms with Crippen LogP contribution in [-0.4, -0.2) is 36.4 Å². The van der Waals surface area contributed by atoms with E-state index in [2.05, 4.69) is 5.48 Å². The van der Waals surface area contributed by atoms with Gasteiger partial charge in [0.05, 0.1) is 6.61 Å². The van der Waals surface area contributed by atoms with Gasteiger partial charge in [0.2, 0.25) is 5.91 Å². The molecule has 0 aromatic heterocycles. The average molecular weight is 228 g/mol.